The molecule has 1 rings (SSSR count). The molecule has 0 radical (unpaired) electrons. The maximum atomic E-state index is 13.7. The Kier molecular flexibility index (Phi) is 4.74. The first-order valence-corrected chi connectivity index (χ1v) is 5.80. The summed E-state index contributed by atoms with van der Waals surface area (Å²) >= 11 is 0. The second kappa shape index (κ2) is 5.85. The van der Waals surface area contributed by atoms with Gasteiger partial charge in [0.25, 0.3) is 0 Å². The second-order valence-corrected chi connectivity index (χ2v) is 4.34. The zero-order chi connectivity index (χ0) is 12.1. The Labute approximate surface area is 97.3 Å². The van der Waals surface area contributed by atoms with Crippen LogP contribution >= 0.6 is 0 Å². The fourth-order valence-corrected chi connectivity index (χ4v) is 1.88. The molecule has 0 aromatic heterocycles. The minimum absolute atomic E-state index is 0.0225. The van der Waals surface area contributed by atoms with Crippen LogP contribution in [0, 0.1) is 5.82 Å². The molecule has 3 heteroatoms. The van der Waals surface area contributed by atoms with Crippen LogP contribution in [-0.4, -0.2) is 19.6 Å². The summed E-state index contributed by atoms with van der Waals surface area (Å²) in [5.41, 5.74) is 7.44. The van der Waals surface area contributed by atoms with Gasteiger partial charge < -0.3 is 10.6 Å². The van der Waals surface area contributed by atoms with E-state index in [1.807, 2.05) is 20.0 Å². The largest absolute Gasteiger partial charge is 0.374 e. The topological polar surface area (TPSA) is 29.3 Å². The van der Waals surface area contributed by atoms with Gasteiger partial charge in [0.15, 0.2) is 0 Å². The maximum absolute atomic E-state index is 13.7. The van der Waals surface area contributed by atoms with Gasteiger partial charge in [-0.05, 0) is 31.9 Å². The lowest BCUT2D eigenvalue weighted by molar-refractivity contribution is 0.595. The zero-order valence-electron chi connectivity index (χ0n) is 10.3. The molecule has 0 aliphatic carbocycles. The molecule has 90 valence electrons. The minimum atomic E-state index is -0.155. The van der Waals surface area contributed by atoms with Crippen molar-refractivity contribution < 1.29 is 4.39 Å². The molecule has 0 aliphatic heterocycles. The average molecular weight is 224 g/mol. The molecule has 1 unspecified atom stereocenters. The molecule has 1 aromatic carbocycles. The third kappa shape index (κ3) is 3.20. The van der Waals surface area contributed by atoms with Crippen LogP contribution in [0.3, 0.4) is 0 Å². The van der Waals surface area contributed by atoms with E-state index in [-0.39, 0.29) is 11.9 Å². The first kappa shape index (κ1) is 13.0. The van der Waals surface area contributed by atoms with Crippen LogP contribution in [0.25, 0.3) is 0 Å². The van der Waals surface area contributed by atoms with Crippen molar-refractivity contribution in [3.63, 3.8) is 0 Å². The van der Waals surface area contributed by atoms with E-state index in [9.17, 15) is 4.39 Å². The third-order valence-electron chi connectivity index (χ3n) is 2.59. The molecule has 16 heavy (non-hydrogen) atoms. The molecule has 0 saturated carbocycles. The van der Waals surface area contributed by atoms with Crippen molar-refractivity contribution in [1.82, 2.24) is 0 Å². The second-order valence-electron chi connectivity index (χ2n) is 4.34. The Bertz CT molecular complexity index is 337. The van der Waals surface area contributed by atoms with Crippen molar-refractivity contribution >= 4 is 5.69 Å². The molecular formula is C13H21FN2. The first-order valence-electron chi connectivity index (χ1n) is 5.80. The highest BCUT2D eigenvalue weighted by Crippen LogP contribution is 2.23. The lowest BCUT2D eigenvalue weighted by Crippen LogP contribution is -2.24. The summed E-state index contributed by atoms with van der Waals surface area (Å²) in [6.07, 6.45) is 1.63. The van der Waals surface area contributed by atoms with Gasteiger partial charge in [0.05, 0.1) is 0 Å². The highest BCUT2D eigenvalue weighted by molar-refractivity contribution is 5.54. The SMILES string of the molecule is CCCN(C)c1cccc(F)c1CC(C)N. The normalized spacial score (nSPS) is 12.6. The maximum Gasteiger partial charge on any atom is 0.128 e. The van der Waals surface area contributed by atoms with Crippen molar-refractivity contribution in [2.45, 2.75) is 32.7 Å². The summed E-state index contributed by atoms with van der Waals surface area (Å²) in [5, 5.41) is 0. The Morgan fingerprint density at radius 1 is 1.44 bits per heavy atom. The van der Waals surface area contributed by atoms with Gasteiger partial charge in [-0.15, -0.1) is 0 Å². The number of nitrogens with zero attached hydrogens (tertiary/aromatic N) is 1. The summed E-state index contributed by atoms with van der Waals surface area (Å²) in [6, 6.07) is 5.18. The van der Waals surface area contributed by atoms with E-state index in [0.717, 1.165) is 24.2 Å². The fourth-order valence-electron chi connectivity index (χ4n) is 1.88. The van der Waals surface area contributed by atoms with Gasteiger partial charge in [0.1, 0.15) is 5.82 Å². The van der Waals surface area contributed by atoms with Gasteiger partial charge in [-0.1, -0.05) is 13.0 Å². The molecule has 0 amide bonds. The van der Waals surface area contributed by atoms with Crippen molar-refractivity contribution in [3.05, 3.63) is 29.6 Å². The molecular weight excluding hydrogens is 203 g/mol. The van der Waals surface area contributed by atoms with Gasteiger partial charge in [0, 0.05) is 30.9 Å². The fraction of sp³-hybridized carbons (Fsp3) is 0.538. The van der Waals surface area contributed by atoms with Gasteiger partial charge in [-0.25, -0.2) is 4.39 Å². The quantitative estimate of drug-likeness (QED) is 0.833. The van der Waals surface area contributed by atoms with E-state index in [1.54, 1.807) is 6.07 Å². The van der Waals surface area contributed by atoms with Gasteiger partial charge >= 0.3 is 0 Å². The Morgan fingerprint density at radius 3 is 2.69 bits per heavy atom. The Morgan fingerprint density at radius 2 is 2.12 bits per heavy atom. The van der Waals surface area contributed by atoms with Crippen LogP contribution in [0.1, 0.15) is 25.8 Å². The molecule has 1 atom stereocenters. The van der Waals surface area contributed by atoms with E-state index in [4.69, 9.17) is 5.73 Å². The van der Waals surface area contributed by atoms with Gasteiger partial charge in [-0.3, -0.25) is 0 Å². The zero-order valence-corrected chi connectivity index (χ0v) is 10.3. The standard InChI is InChI=1S/C13H21FN2/c1-4-8-16(3)13-7-5-6-12(14)11(13)9-10(2)15/h5-7,10H,4,8-9,15H2,1-3H3. The number of nitrogens with two attached hydrogens (primary N) is 1. The number of benzene rings is 1. The lowest BCUT2D eigenvalue weighted by Gasteiger charge is -2.23. The molecule has 2 nitrogen and oxygen atoms in total. The molecule has 0 spiro atoms. The summed E-state index contributed by atoms with van der Waals surface area (Å²) in [7, 11) is 1.99. The predicted octanol–water partition coefficient (Wildman–Crippen LogP) is 2.56. The Hall–Kier alpha value is -1.09. The number of hydrogen-bond donors (Lipinski definition) is 1. The minimum Gasteiger partial charge on any atom is -0.374 e. The highest BCUT2D eigenvalue weighted by Gasteiger charge is 2.12. The van der Waals surface area contributed by atoms with Crippen LogP contribution in [0.15, 0.2) is 18.2 Å². The average Bonchev–Trinajstić information content (AvgIpc) is 2.20. The summed E-state index contributed by atoms with van der Waals surface area (Å²) in [5.74, 6) is -0.155. The van der Waals surface area contributed by atoms with Gasteiger partial charge in [-0.2, -0.15) is 0 Å². The first-order chi connectivity index (χ1) is 7.56. The van der Waals surface area contributed by atoms with Crippen LogP contribution in [0.4, 0.5) is 10.1 Å². The van der Waals surface area contributed by atoms with Crippen molar-refractivity contribution in [1.29, 1.82) is 0 Å². The lowest BCUT2D eigenvalue weighted by atomic mass is 10.0. The van der Waals surface area contributed by atoms with E-state index < -0.39 is 0 Å². The number of anilines is 1. The molecule has 0 bridgehead atoms. The van der Waals surface area contributed by atoms with Crippen LogP contribution < -0.4 is 10.6 Å². The summed E-state index contributed by atoms with van der Waals surface area (Å²) in [6.45, 7) is 4.94. The summed E-state index contributed by atoms with van der Waals surface area (Å²) in [4.78, 5) is 2.08. The molecule has 0 fully saturated rings. The molecule has 2 N–H and O–H groups in total. The molecule has 0 saturated heterocycles. The van der Waals surface area contributed by atoms with Crippen molar-refractivity contribution in [2.24, 2.45) is 5.73 Å². The van der Waals surface area contributed by atoms with E-state index in [0.29, 0.717) is 6.42 Å². The van der Waals surface area contributed by atoms with E-state index >= 15 is 0 Å². The van der Waals surface area contributed by atoms with Crippen LogP contribution in [0.2, 0.25) is 0 Å². The molecule has 1 aromatic rings. The van der Waals surface area contributed by atoms with Crippen LogP contribution in [-0.2, 0) is 6.42 Å². The third-order valence-corrected chi connectivity index (χ3v) is 2.59. The van der Waals surface area contributed by atoms with Crippen molar-refractivity contribution in [2.75, 3.05) is 18.5 Å². The number of hydrogen-bond acceptors (Lipinski definition) is 2. The monoisotopic (exact) mass is 224 g/mol. The van der Waals surface area contributed by atoms with E-state index in [2.05, 4.69) is 11.8 Å². The Balaban J connectivity index is 3.02. The highest BCUT2D eigenvalue weighted by atomic mass is 19.1. The molecule has 0 heterocycles. The van der Waals surface area contributed by atoms with Crippen molar-refractivity contribution in [3.8, 4) is 0 Å². The summed E-state index contributed by atoms with van der Waals surface area (Å²) < 4.78 is 13.7. The number of halogens is 1. The van der Waals surface area contributed by atoms with Crippen LogP contribution in [0.5, 0.6) is 0 Å². The van der Waals surface area contributed by atoms with Gasteiger partial charge in [0.2, 0.25) is 0 Å². The smallest absolute Gasteiger partial charge is 0.128 e. The predicted molar refractivity (Wildman–Crippen MR) is 67.3 cm³/mol. The molecule has 0 aliphatic rings. The number of rotatable bonds is 5. The van der Waals surface area contributed by atoms with E-state index in [1.165, 1.54) is 6.07 Å².